The van der Waals surface area contributed by atoms with E-state index in [1.54, 1.807) is 11.3 Å². The van der Waals surface area contributed by atoms with Crippen LogP contribution in [0.5, 0.6) is 5.75 Å². The molecule has 8 nitrogen and oxygen atoms in total. The highest BCUT2D eigenvalue weighted by atomic mass is 32.1. The van der Waals surface area contributed by atoms with Gasteiger partial charge in [0.05, 0.1) is 11.1 Å². The number of carbonyl (C=O) groups is 2. The molecule has 3 heterocycles. The van der Waals surface area contributed by atoms with Gasteiger partial charge in [-0.15, -0.1) is 11.3 Å². The van der Waals surface area contributed by atoms with E-state index in [1.165, 1.54) is 11.1 Å². The number of thiazole rings is 1. The van der Waals surface area contributed by atoms with Gasteiger partial charge in [-0.05, 0) is 74.3 Å². The summed E-state index contributed by atoms with van der Waals surface area (Å²) in [6.07, 6.45) is 3.62. The second-order valence-corrected chi connectivity index (χ2v) is 13.8. The molecular formula is C34H40N4O4S. The third-order valence-electron chi connectivity index (χ3n) is 9.91. The predicted octanol–water partition coefficient (Wildman–Crippen LogP) is 5.36. The van der Waals surface area contributed by atoms with Crippen molar-refractivity contribution in [3.05, 3.63) is 64.0 Å². The Balaban J connectivity index is 0.975. The maximum atomic E-state index is 12.4. The number of amides is 1. The Morgan fingerprint density at radius 2 is 1.88 bits per heavy atom. The first-order valence-corrected chi connectivity index (χ1v) is 16.4. The van der Waals surface area contributed by atoms with Crippen molar-refractivity contribution in [1.29, 1.82) is 0 Å². The van der Waals surface area contributed by atoms with Crippen LogP contribution < -0.4 is 9.64 Å². The second kappa shape index (κ2) is 11.2. The number of carboxylic acids is 1. The fourth-order valence-electron chi connectivity index (χ4n) is 6.81. The number of carboxylic acid groups (broad SMARTS) is 1. The Morgan fingerprint density at radius 1 is 1.07 bits per heavy atom. The third kappa shape index (κ3) is 5.77. The zero-order chi connectivity index (χ0) is 29.7. The van der Waals surface area contributed by atoms with E-state index < -0.39 is 11.4 Å². The summed E-state index contributed by atoms with van der Waals surface area (Å²) in [6, 6.07) is 12.9. The van der Waals surface area contributed by atoms with Gasteiger partial charge >= 0.3 is 5.97 Å². The summed E-state index contributed by atoms with van der Waals surface area (Å²) >= 11 is 1.62. The van der Waals surface area contributed by atoms with E-state index in [0.29, 0.717) is 24.9 Å². The van der Waals surface area contributed by atoms with E-state index in [1.807, 2.05) is 6.07 Å². The number of anilines is 1. The number of aliphatic carboxylic acids is 1. The van der Waals surface area contributed by atoms with Crippen LogP contribution in [0.25, 0.3) is 11.3 Å². The molecule has 7 rings (SSSR count). The van der Waals surface area contributed by atoms with Gasteiger partial charge in [0.25, 0.3) is 0 Å². The van der Waals surface area contributed by atoms with Crippen LogP contribution in [0.4, 0.5) is 5.13 Å². The third-order valence-corrected chi connectivity index (χ3v) is 10.8. The Morgan fingerprint density at radius 3 is 2.60 bits per heavy atom. The summed E-state index contributed by atoms with van der Waals surface area (Å²) in [4.78, 5) is 35.8. The van der Waals surface area contributed by atoms with E-state index in [-0.39, 0.29) is 5.92 Å². The van der Waals surface area contributed by atoms with Gasteiger partial charge in [0.1, 0.15) is 12.4 Å². The lowest BCUT2D eigenvalue weighted by Crippen LogP contribution is -2.48. The molecule has 226 valence electrons. The highest BCUT2D eigenvalue weighted by Gasteiger charge is 2.62. The van der Waals surface area contributed by atoms with E-state index in [4.69, 9.17) is 9.72 Å². The fraction of sp³-hybridized carbons (Fsp3) is 0.500. The Labute approximate surface area is 257 Å². The summed E-state index contributed by atoms with van der Waals surface area (Å²) in [5, 5.41) is 12.7. The van der Waals surface area contributed by atoms with E-state index in [0.717, 1.165) is 98.3 Å². The van der Waals surface area contributed by atoms with Crippen molar-refractivity contribution in [2.45, 2.75) is 52.7 Å². The zero-order valence-corrected chi connectivity index (χ0v) is 25.9. The van der Waals surface area contributed by atoms with Gasteiger partial charge in [0.2, 0.25) is 5.91 Å². The molecule has 0 radical (unpaired) electrons. The number of aromatic nitrogens is 1. The Kier molecular flexibility index (Phi) is 7.42. The Bertz CT molecular complexity index is 1540. The highest BCUT2D eigenvalue weighted by Crippen LogP contribution is 2.58. The molecule has 2 unspecified atom stereocenters. The summed E-state index contributed by atoms with van der Waals surface area (Å²) in [5.74, 6) is 1.07. The van der Waals surface area contributed by atoms with Crippen molar-refractivity contribution in [3.8, 4) is 17.0 Å². The summed E-state index contributed by atoms with van der Waals surface area (Å²) in [7, 11) is 0. The quantitative estimate of drug-likeness (QED) is 0.354. The van der Waals surface area contributed by atoms with Crippen LogP contribution in [-0.2, 0) is 22.7 Å². The summed E-state index contributed by atoms with van der Waals surface area (Å²) < 4.78 is 6.42. The number of aryl methyl sites for hydroxylation is 2. The standard InChI is InChI=1S/C34H40N4O4S/c1-22-3-8-30(28(15-22)29-21-43-33(35-29)38-10-9-34(32(40)41)17-27(34)19-38)42-20-26-5-4-24(16-23(26)2)18-36-11-13-37(14-12-36)31(39)25-6-7-25/h3-5,8,15-16,21,25,27H,6-7,9-14,17-20H2,1-2H3,(H,40,41). The number of hydrogen-bond acceptors (Lipinski definition) is 7. The lowest BCUT2D eigenvalue weighted by molar-refractivity contribution is -0.144. The number of rotatable bonds is 9. The van der Waals surface area contributed by atoms with Crippen LogP contribution >= 0.6 is 11.3 Å². The molecule has 2 saturated heterocycles. The lowest BCUT2D eigenvalue weighted by Gasteiger charge is -2.35. The van der Waals surface area contributed by atoms with Gasteiger partial charge in [-0.1, -0.05) is 29.8 Å². The van der Waals surface area contributed by atoms with Crippen LogP contribution in [0.1, 0.15) is 47.9 Å². The van der Waals surface area contributed by atoms with E-state index in [9.17, 15) is 14.7 Å². The molecule has 3 aromatic rings. The van der Waals surface area contributed by atoms with Crippen LogP contribution in [0.3, 0.4) is 0 Å². The molecule has 0 bridgehead atoms. The molecule has 2 atom stereocenters. The molecule has 0 spiro atoms. The molecule has 2 aromatic carbocycles. The van der Waals surface area contributed by atoms with Gasteiger partial charge in [0, 0.05) is 62.7 Å². The molecule has 1 aromatic heterocycles. The number of fused-ring (bicyclic) bond motifs is 1. The van der Waals surface area contributed by atoms with E-state index >= 15 is 0 Å². The number of piperidine rings is 1. The smallest absolute Gasteiger partial charge is 0.310 e. The SMILES string of the molecule is Cc1ccc(OCc2ccc(CN3CCN(C(=O)C4CC4)CC3)cc2C)c(-c2csc(N3CCC4(C(=O)O)CC4C3)n2)c1. The molecular weight excluding hydrogens is 560 g/mol. The molecule has 2 aliphatic heterocycles. The normalized spacial score (nSPS) is 23.6. The summed E-state index contributed by atoms with van der Waals surface area (Å²) in [5.41, 5.74) is 6.21. The van der Waals surface area contributed by atoms with Crippen molar-refractivity contribution in [3.63, 3.8) is 0 Å². The van der Waals surface area contributed by atoms with Crippen molar-refractivity contribution in [2.24, 2.45) is 17.3 Å². The molecule has 1 N–H and O–H groups in total. The number of ether oxygens (including phenoxy) is 1. The average Bonchev–Trinajstić information content (AvgIpc) is 3.93. The first-order chi connectivity index (χ1) is 20.8. The molecule has 2 saturated carbocycles. The lowest BCUT2D eigenvalue weighted by atomic mass is 9.96. The minimum Gasteiger partial charge on any atom is -0.488 e. The number of nitrogens with zero attached hydrogens (tertiary/aromatic N) is 4. The molecule has 43 heavy (non-hydrogen) atoms. The van der Waals surface area contributed by atoms with Crippen LogP contribution in [0.2, 0.25) is 0 Å². The minimum absolute atomic E-state index is 0.228. The maximum Gasteiger partial charge on any atom is 0.310 e. The van der Waals surface area contributed by atoms with Gasteiger partial charge in [-0.25, -0.2) is 4.98 Å². The average molecular weight is 601 g/mol. The van der Waals surface area contributed by atoms with Gasteiger partial charge in [-0.2, -0.15) is 0 Å². The molecule has 4 aliphatic rings. The monoisotopic (exact) mass is 600 g/mol. The minimum atomic E-state index is -0.639. The molecule has 4 fully saturated rings. The number of hydrogen-bond donors (Lipinski definition) is 1. The van der Waals surface area contributed by atoms with Gasteiger partial charge < -0.3 is 19.6 Å². The topological polar surface area (TPSA) is 86.2 Å². The zero-order valence-electron chi connectivity index (χ0n) is 25.1. The van der Waals surface area contributed by atoms with Gasteiger partial charge in [0.15, 0.2) is 5.13 Å². The largest absolute Gasteiger partial charge is 0.488 e. The van der Waals surface area contributed by atoms with E-state index in [2.05, 4.69) is 64.3 Å². The van der Waals surface area contributed by atoms with Gasteiger partial charge in [-0.3, -0.25) is 14.5 Å². The van der Waals surface area contributed by atoms with Crippen molar-refractivity contribution in [2.75, 3.05) is 44.2 Å². The van der Waals surface area contributed by atoms with Crippen LogP contribution in [0, 0.1) is 31.1 Å². The number of benzene rings is 2. The summed E-state index contributed by atoms with van der Waals surface area (Å²) in [6.45, 7) is 10.6. The number of carbonyl (C=O) groups excluding carboxylic acids is 1. The van der Waals surface area contributed by atoms with Crippen molar-refractivity contribution >= 4 is 28.3 Å². The second-order valence-electron chi connectivity index (χ2n) is 13.0. The Hall–Kier alpha value is -3.43. The predicted molar refractivity (Wildman–Crippen MR) is 167 cm³/mol. The van der Waals surface area contributed by atoms with Crippen molar-refractivity contribution < 1.29 is 19.4 Å². The fourth-order valence-corrected chi connectivity index (χ4v) is 7.67. The van der Waals surface area contributed by atoms with Crippen molar-refractivity contribution in [1.82, 2.24) is 14.8 Å². The highest BCUT2D eigenvalue weighted by molar-refractivity contribution is 7.14. The first-order valence-electron chi connectivity index (χ1n) is 15.6. The first kappa shape index (κ1) is 28.3. The van der Waals surface area contributed by atoms with Crippen LogP contribution in [0.15, 0.2) is 41.8 Å². The molecule has 9 heteroatoms. The van der Waals surface area contributed by atoms with Crippen LogP contribution in [-0.4, -0.2) is 71.0 Å². The maximum absolute atomic E-state index is 12.4. The molecule has 2 aliphatic carbocycles. The number of piperazine rings is 1. The molecule has 1 amide bonds.